The minimum atomic E-state index is -0.298. The molecular formula is C13H24N2O2. The van der Waals surface area contributed by atoms with E-state index in [4.69, 9.17) is 4.74 Å². The maximum Gasteiger partial charge on any atom is 0.240 e. The van der Waals surface area contributed by atoms with E-state index in [1.807, 2.05) is 0 Å². The topological polar surface area (TPSA) is 50.4 Å². The summed E-state index contributed by atoms with van der Waals surface area (Å²) in [7, 11) is 0. The van der Waals surface area contributed by atoms with Crippen LogP contribution in [0.15, 0.2) is 0 Å². The van der Waals surface area contributed by atoms with Gasteiger partial charge in [0.25, 0.3) is 0 Å². The van der Waals surface area contributed by atoms with Gasteiger partial charge in [-0.1, -0.05) is 13.3 Å². The number of carbonyl (C=O) groups is 1. The molecule has 0 radical (unpaired) electrons. The van der Waals surface area contributed by atoms with E-state index in [1.165, 1.54) is 0 Å². The molecule has 2 aliphatic heterocycles. The van der Waals surface area contributed by atoms with E-state index >= 15 is 0 Å². The number of amides is 1. The Labute approximate surface area is 103 Å². The molecule has 0 aromatic heterocycles. The van der Waals surface area contributed by atoms with Gasteiger partial charge < -0.3 is 15.4 Å². The van der Waals surface area contributed by atoms with Gasteiger partial charge in [-0.15, -0.1) is 0 Å². The van der Waals surface area contributed by atoms with Crippen LogP contribution < -0.4 is 10.6 Å². The molecule has 4 nitrogen and oxygen atoms in total. The van der Waals surface area contributed by atoms with Crippen molar-refractivity contribution in [3.63, 3.8) is 0 Å². The average Bonchev–Trinajstić information content (AvgIpc) is 2.97. The Morgan fingerprint density at radius 1 is 1.53 bits per heavy atom. The number of ether oxygens (including phenoxy) is 1. The molecule has 2 aliphatic rings. The highest BCUT2D eigenvalue weighted by atomic mass is 16.5. The molecular weight excluding hydrogens is 216 g/mol. The first-order valence-corrected chi connectivity index (χ1v) is 6.92. The van der Waals surface area contributed by atoms with Crippen molar-refractivity contribution in [2.75, 3.05) is 19.7 Å². The van der Waals surface area contributed by atoms with Crippen LogP contribution in [0.5, 0.6) is 0 Å². The molecule has 4 heteroatoms. The average molecular weight is 240 g/mol. The highest BCUT2D eigenvalue weighted by molar-refractivity contribution is 5.86. The van der Waals surface area contributed by atoms with Crippen LogP contribution in [0.25, 0.3) is 0 Å². The normalized spacial score (nSPS) is 32.9. The molecule has 2 fully saturated rings. The zero-order chi connectivity index (χ0) is 12.1. The lowest BCUT2D eigenvalue weighted by Gasteiger charge is -2.28. The second kappa shape index (κ2) is 5.83. The molecule has 2 N–H and O–H groups in total. The minimum absolute atomic E-state index is 0.173. The maximum atomic E-state index is 12.3. The van der Waals surface area contributed by atoms with Crippen LogP contribution in [0, 0.1) is 0 Å². The molecule has 0 aromatic rings. The zero-order valence-electron chi connectivity index (χ0n) is 10.8. The largest absolute Gasteiger partial charge is 0.376 e. The van der Waals surface area contributed by atoms with E-state index in [-0.39, 0.29) is 17.6 Å². The molecule has 2 heterocycles. The molecule has 2 rings (SSSR count). The van der Waals surface area contributed by atoms with Crippen LogP contribution >= 0.6 is 0 Å². The number of carbonyl (C=O) groups excluding carboxylic acids is 1. The summed E-state index contributed by atoms with van der Waals surface area (Å²) >= 11 is 0. The van der Waals surface area contributed by atoms with Gasteiger partial charge in [-0.2, -0.15) is 0 Å². The van der Waals surface area contributed by atoms with Gasteiger partial charge in [0.2, 0.25) is 5.91 Å². The highest BCUT2D eigenvalue weighted by Crippen LogP contribution is 2.25. The van der Waals surface area contributed by atoms with Gasteiger partial charge in [-0.3, -0.25) is 4.79 Å². The quantitative estimate of drug-likeness (QED) is 0.759. The summed E-state index contributed by atoms with van der Waals surface area (Å²) in [5.74, 6) is 0.173. The lowest BCUT2D eigenvalue weighted by molar-refractivity contribution is -0.128. The van der Waals surface area contributed by atoms with E-state index < -0.39 is 0 Å². The molecule has 0 aromatic carbocycles. The third-order valence-electron chi connectivity index (χ3n) is 3.87. The predicted molar refractivity (Wildman–Crippen MR) is 66.9 cm³/mol. The molecule has 17 heavy (non-hydrogen) atoms. The smallest absolute Gasteiger partial charge is 0.240 e. The number of nitrogens with one attached hydrogen (secondary N) is 2. The van der Waals surface area contributed by atoms with Crippen LogP contribution in [0.1, 0.15) is 45.4 Å². The van der Waals surface area contributed by atoms with E-state index in [9.17, 15) is 4.79 Å². The van der Waals surface area contributed by atoms with E-state index in [0.717, 1.165) is 51.7 Å². The number of hydrogen-bond donors (Lipinski definition) is 2. The third-order valence-corrected chi connectivity index (χ3v) is 3.87. The lowest BCUT2D eigenvalue weighted by atomic mass is 9.91. The molecule has 0 aliphatic carbocycles. The van der Waals surface area contributed by atoms with Crippen molar-refractivity contribution in [3.05, 3.63) is 0 Å². The fourth-order valence-electron chi connectivity index (χ4n) is 2.93. The van der Waals surface area contributed by atoms with E-state index in [0.29, 0.717) is 6.54 Å². The molecule has 0 spiro atoms. The Bertz CT molecular complexity index is 256. The lowest BCUT2D eigenvalue weighted by Crippen LogP contribution is -2.54. The van der Waals surface area contributed by atoms with E-state index in [2.05, 4.69) is 17.6 Å². The SMILES string of the molecule is CCCC1(C(=O)NCC2CCCO2)CCCN1. The highest BCUT2D eigenvalue weighted by Gasteiger charge is 2.39. The summed E-state index contributed by atoms with van der Waals surface area (Å²) in [6.07, 6.45) is 6.49. The molecule has 98 valence electrons. The van der Waals surface area contributed by atoms with Gasteiger partial charge in [0, 0.05) is 13.2 Å². The second-order valence-corrected chi connectivity index (χ2v) is 5.21. The van der Waals surface area contributed by atoms with Crippen molar-refractivity contribution in [2.24, 2.45) is 0 Å². The molecule has 0 saturated carbocycles. The summed E-state index contributed by atoms with van der Waals surface area (Å²) in [5, 5.41) is 6.46. The van der Waals surface area contributed by atoms with Gasteiger partial charge >= 0.3 is 0 Å². The van der Waals surface area contributed by atoms with Crippen LogP contribution in [0.2, 0.25) is 0 Å². The molecule has 2 atom stereocenters. The third kappa shape index (κ3) is 2.99. The van der Waals surface area contributed by atoms with E-state index in [1.54, 1.807) is 0 Å². The fraction of sp³-hybridized carbons (Fsp3) is 0.923. The van der Waals surface area contributed by atoms with Crippen molar-refractivity contribution in [2.45, 2.75) is 57.1 Å². The van der Waals surface area contributed by atoms with Gasteiger partial charge in [0.15, 0.2) is 0 Å². The Hall–Kier alpha value is -0.610. The Kier molecular flexibility index (Phi) is 4.40. The molecule has 0 bridgehead atoms. The van der Waals surface area contributed by atoms with Crippen molar-refractivity contribution in [3.8, 4) is 0 Å². The molecule has 1 amide bonds. The zero-order valence-corrected chi connectivity index (χ0v) is 10.8. The van der Waals surface area contributed by atoms with Crippen LogP contribution in [-0.2, 0) is 9.53 Å². The molecule has 2 saturated heterocycles. The van der Waals surface area contributed by atoms with Gasteiger partial charge in [-0.25, -0.2) is 0 Å². The first kappa shape index (κ1) is 12.8. The monoisotopic (exact) mass is 240 g/mol. The van der Waals surface area contributed by atoms with Crippen molar-refractivity contribution in [1.29, 1.82) is 0 Å². The Morgan fingerprint density at radius 3 is 3.00 bits per heavy atom. The first-order valence-electron chi connectivity index (χ1n) is 6.92. The summed E-state index contributed by atoms with van der Waals surface area (Å²) in [5.41, 5.74) is -0.298. The molecule has 2 unspecified atom stereocenters. The summed E-state index contributed by atoms with van der Waals surface area (Å²) in [6, 6.07) is 0. The summed E-state index contributed by atoms with van der Waals surface area (Å²) in [4.78, 5) is 12.3. The summed E-state index contributed by atoms with van der Waals surface area (Å²) in [6.45, 7) is 4.62. The first-order chi connectivity index (χ1) is 8.27. The van der Waals surface area contributed by atoms with Gasteiger partial charge in [0.05, 0.1) is 11.6 Å². The Morgan fingerprint density at radius 2 is 2.41 bits per heavy atom. The minimum Gasteiger partial charge on any atom is -0.376 e. The fourth-order valence-corrected chi connectivity index (χ4v) is 2.93. The number of hydrogen-bond acceptors (Lipinski definition) is 3. The van der Waals surface area contributed by atoms with Crippen LogP contribution in [0.4, 0.5) is 0 Å². The van der Waals surface area contributed by atoms with Crippen molar-refractivity contribution < 1.29 is 9.53 Å². The van der Waals surface area contributed by atoms with Gasteiger partial charge in [0.1, 0.15) is 0 Å². The van der Waals surface area contributed by atoms with Crippen molar-refractivity contribution >= 4 is 5.91 Å². The van der Waals surface area contributed by atoms with Gasteiger partial charge in [-0.05, 0) is 38.6 Å². The standard InChI is InChI=1S/C13H24N2O2/c1-2-6-13(7-4-8-15-13)12(16)14-10-11-5-3-9-17-11/h11,15H,2-10H2,1H3,(H,14,16). The van der Waals surface area contributed by atoms with Crippen molar-refractivity contribution in [1.82, 2.24) is 10.6 Å². The van der Waals surface area contributed by atoms with Crippen LogP contribution in [-0.4, -0.2) is 37.2 Å². The van der Waals surface area contributed by atoms with Crippen LogP contribution in [0.3, 0.4) is 0 Å². The summed E-state index contributed by atoms with van der Waals surface area (Å²) < 4.78 is 5.52. The number of rotatable bonds is 5. The second-order valence-electron chi connectivity index (χ2n) is 5.21. The maximum absolute atomic E-state index is 12.3. The predicted octanol–water partition coefficient (Wildman–Crippen LogP) is 1.20. The Balaban J connectivity index is 1.83.